The molecular formula is C32H40ClN3O4. The summed E-state index contributed by atoms with van der Waals surface area (Å²) in [6.07, 6.45) is 13.9. The maximum absolute atomic E-state index is 14.2. The molecule has 3 amide bonds. The Labute approximate surface area is 241 Å². The third-order valence-electron chi connectivity index (χ3n) is 10.1. The van der Waals surface area contributed by atoms with E-state index in [0.29, 0.717) is 29.1 Å². The Bertz CT molecular complexity index is 1230. The fourth-order valence-corrected chi connectivity index (χ4v) is 7.84. The van der Waals surface area contributed by atoms with E-state index in [1.807, 2.05) is 12.2 Å². The Morgan fingerprint density at radius 2 is 1.90 bits per heavy atom. The molecule has 3 heterocycles. The van der Waals surface area contributed by atoms with E-state index in [-0.39, 0.29) is 23.8 Å². The van der Waals surface area contributed by atoms with E-state index in [1.165, 1.54) is 18.4 Å². The number of rotatable bonds is 7. The first-order valence-corrected chi connectivity index (χ1v) is 15.4. The number of ether oxygens (including phenoxy) is 1. The highest BCUT2D eigenvalue weighted by Gasteiger charge is 2.72. The molecule has 2 bridgehead atoms. The number of fused-ring (bicyclic) bond motifs is 1. The lowest BCUT2D eigenvalue weighted by Crippen LogP contribution is -2.58. The lowest BCUT2D eigenvalue weighted by atomic mass is 9.73. The van der Waals surface area contributed by atoms with Gasteiger partial charge in [-0.15, -0.1) is 0 Å². The average Bonchev–Trinajstić information content (AvgIpc) is 3.59. The number of amides is 3. The quantitative estimate of drug-likeness (QED) is 0.441. The molecule has 3 fully saturated rings. The maximum atomic E-state index is 14.2. The van der Waals surface area contributed by atoms with E-state index >= 15 is 0 Å². The third kappa shape index (κ3) is 4.79. The smallest absolute Gasteiger partial charge is 0.246 e. The van der Waals surface area contributed by atoms with Crippen molar-refractivity contribution in [2.75, 3.05) is 11.9 Å². The zero-order valence-electron chi connectivity index (χ0n) is 23.4. The molecule has 5 aliphatic rings. The van der Waals surface area contributed by atoms with Crippen molar-refractivity contribution in [3.05, 3.63) is 53.1 Å². The van der Waals surface area contributed by atoms with Crippen molar-refractivity contribution in [3.63, 3.8) is 0 Å². The van der Waals surface area contributed by atoms with Crippen LogP contribution < -0.4 is 10.6 Å². The molecule has 7 nitrogen and oxygen atoms in total. The van der Waals surface area contributed by atoms with E-state index in [4.69, 9.17) is 16.3 Å². The maximum Gasteiger partial charge on any atom is 0.246 e. The lowest BCUT2D eigenvalue weighted by Gasteiger charge is -2.38. The standard InChI is InChI=1S/C32H40ClN3O4/c1-19-7-6-10-24(20(19)2)35-30(38)28-32-17-15-25(40-32)26(29(37)34-23-13-11-22(33)12-14-23)27(32)31(39)36(28)18-16-21-8-4-3-5-9-21/h8,11-15,17,19-20,24-28H,3-7,9-10,16,18H2,1-2H3,(H,34,37)(H,35,38)/t19?,20?,24?,25-,26?,27-,28?,32?/m0/s1. The first-order valence-electron chi connectivity index (χ1n) is 15.0. The van der Waals surface area contributed by atoms with Crippen molar-refractivity contribution < 1.29 is 19.1 Å². The van der Waals surface area contributed by atoms with E-state index in [2.05, 4.69) is 30.6 Å². The second kappa shape index (κ2) is 11.0. The number of nitrogens with one attached hydrogen (secondary N) is 2. The number of likely N-dealkylation sites (tertiary alicyclic amines) is 1. The molecule has 1 saturated carbocycles. The van der Waals surface area contributed by atoms with Gasteiger partial charge in [-0.3, -0.25) is 14.4 Å². The van der Waals surface area contributed by atoms with Crippen molar-refractivity contribution in [1.29, 1.82) is 0 Å². The fraction of sp³-hybridized carbons (Fsp3) is 0.594. The summed E-state index contributed by atoms with van der Waals surface area (Å²) < 4.78 is 6.51. The Kier molecular flexibility index (Phi) is 7.55. The second-order valence-corrected chi connectivity index (χ2v) is 12.9. The molecule has 3 aliphatic heterocycles. The predicted octanol–water partition coefficient (Wildman–Crippen LogP) is 5.26. The summed E-state index contributed by atoms with van der Waals surface area (Å²) in [7, 11) is 0. The molecule has 6 rings (SSSR count). The van der Waals surface area contributed by atoms with Gasteiger partial charge in [-0.1, -0.05) is 62.1 Å². The summed E-state index contributed by atoms with van der Waals surface area (Å²) in [5.74, 6) is -1.16. The van der Waals surface area contributed by atoms with Gasteiger partial charge in [0.2, 0.25) is 17.7 Å². The van der Waals surface area contributed by atoms with Crippen LogP contribution in [0.4, 0.5) is 5.69 Å². The van der Waals surface area contributed by atoms with Crippen molar-refractivity contribution in [1.82, 2.24) is 10.2 Å². The summed E-state index contributed by atoms with van der Waals surface area (Å²) in [6, 6.07) is 6.17. The van der Waals surface area contributed by atoms with Gasteiger partial charge in [-0.05, 0) is 74.6 Å². The van der Waals surface area contributed by atoms with Crippen LogP contribution in [0.25, 0.3) is 0 Å². The van der Waals surface area contributed by atoms with Gasteiger partial charge in [0.05, 0.1) is 17.9 Å². The Morgan fingerprint density at radius 1 is 1.10 bits per heavy atom. The molecule has 8 atom stereocenters. The van der Waals surface area contributed by atoms with Gasteiger partial charge in [-0.25, -0.2) is 0 Å². The molecule has 6 unspecified atom stereocenters. The number of nitrogens with zero attached hydrogens (tertiary/aromatic N) is 1. The van der Waals surface area contributed by atoms with Gasteiger partial charge in [0, 0.05) is 23.3 Å². The molecule has 1 spiro atoms. The minimum Gasteiger partial charge on any atom is -0.359 e. The van der Waals surface area contributed by atoms with Gasteiger partial charge < -0.3 is 20.3 Å². The molecular weight excluding hydrogens is 526 g/mol. The number of carbonyl (C=O) groups is 3. The highest BCUT2D eigenvalue weighted by Crippen LogP contribution is 2.55. The average molecular weight is 566 g/mol. The van der Waals surface area contributed by atoms with Gasteiger partial charge in [0.15, 0.2) is 0 Å². The Hall–Kier alpha value is -2.64. The summed E-state index contributed by atoms with van der Waals surface area (Å²) in [6.45, 7) is 4.90. The molecule has 1 aromatic carbocycles. The van der Waals surface area contributed by atoms with E-state index in [9.17, 15) is 14.4 Å². The highest BCUT2D eigenvalue weighted by atomic mass is 35.5. The van der Waals surface area contributed by atoms with Crippen LogP contribution in [0.2, 0.25) is 5.02 Å². The summed E-state index contributed by atoms with van der Waals surface area (Å²) >= 11 is 6.02. The van der Waals surface area contributed by atoms with Gasteiger partial charge >= 0.3 is 0 Å². The molecule has 214 valence electrons. The zero-order chi connectivity index (χ0) is 28.0. The van der Waals surface area contributed by atoms with Crippen molar-refractivity contribution in [3.8, 4) is 0 Å². The van der Waals surface area contributed by atoms with Gasteiger partial charge in [0.1, 0.15) is 11.6 Å². The summed E-state index contributed by atoms with van der Waals surface area (Å²) in [5, 5.41) is 6.86. The molecule has 2 N–H and O–H groups in total. The number of anilines is 1. The highest BCUT2D eigenvalue weighted by molar-refractivity contribution is 6.30. The van der Waals surface area contributed by atoms with Crippen LogP contribution >= 0.6 is 11.6 Å². The number of benzene rings is 1. The molecule has 8 heteroatoms. The number of carbonyl (C=O) groups excluding carboxylic acids is 3. The van der Waals surface area contributed by atoms with Crippen molar-refractivity contribution in [2.45, 2.75) is 89.0 Å². The Balaban J connectivity index is 1.28. The zero-order valence-corrected chi connectivity index (χ0v) is 24.2. The van der Waals surface area contributed by atoms with Crippen LogP contribution in [0.3, 0.4) is 0 Å². The van der Waals surface area contributed by atoms with E-state index in [0.717, 1.165) is 38.5 Å². The number of halogens is 1. The van der Waals surface area contributed by atoms with Gasteiger partial charge in [-0.2, -0.15) is 0 Å². The molecule has 1 aromatic rings. The number of hydrogen-bond donors (Lipinski definition) is 2. The first kappa shape index (κ1) is 27.5. The SMILES string of the molecule is CC1CCCC(NC(=O)C2N(CCC3=CCCCC3)C(=O)[C@@H]3C(C(=O)Nc4ccc(Cl)cc4)[C@@H]4C=CC23O4)C1C. The predicted molar refractivity (Wildman–Crippen MR) is 155 cm³/mol. The summed E-state index contributed by atoms with van der Waals surface area (Å²) in [4.78, 5) is 43.7. The van der Waals surface area contributed by atoms with E-state index < -0.39 is 29.6 Å². The minimum atomic E-state index is -1.14. The Morgan fingerprint density at radius 3 is 2.65 bits per heavy atom. The topological polar surface area (TPSA) is 87.7 Å². The fourth-order valence-electron chi connectivity index (χ4n) is 7.71. The van der Waals surface area contributed by atoms with Crippen LogP contribution in [-0.4, -0.2) is 53.0 Å². The largest absolute Gasteiger partial charge is 0.359 e. The number of hydrogen-bond acceptors (Lipinski definition) is 4. The first-order chi connectivity index (χ1) is 19.3. The normalized spacial score (nSPS) is 36.4. The lowest BCUT2D eigenvalue weighted by molar-refractivity contribution is -0.141. The monoisotopic (exact) mass is 565 g/mol. The van der Waals surface area contributed by atoms with Crippen LogP contribution in [0.15, 0.2) is 48.1 Å². The molecule has 40 heavy (non-hydrogen) atoms. The molecule has 0 radical (unpaired) electrons. The molecule has 2 aliphatic carbocycles. The van der Waals surface area contributed by atoms with Crippen LogP contribution in [-0.2, 0) is 19.1 Å². The summed E-state index contributed by atoms with van der Waals surface area (Å²) in [5.41, 5.74) is 0.815. The minimum absolute atomic E-state index is 0.0660. The van der Waals surface area contributed by atoms with Crippen molar-refractivity contribution >= 4 is 35.0 Å². The van der Waals surface area contributed by atoms with Crippen LogP contribution in [0.5, 0.6) is 0 Å². The van der Waals surface area contributed by atoms with Crippen LogP contribution in [0.1, 0.15) is 65.2 Å². The van der Waals surface area contributed by atoms with Gasteiger partial charge in [0.25, 0.3) is 0 Å². The molecule has 2 saturated heterocycles. The van der Waals surface area contributed by atoms with Crippen molar-refractivity contribution in [2.24, 2.45) is 23.7 Å². The van der Waals surface area contributed by atoms with Crippen LogP contribution in [0, 0.1) is 23.7 Å². The second-order valence-electron chi connectivity index (χ2n) is 12.5. The number of allylic oxidation sites excluding steroid dienone is 1. The third-order valence-corrected chi connectivity index (χ3v) is 10.4. The molecule has 0 aromatic heterocycles. The van der Waals surface area contributed by atoms with E-state index in [1.54, 1.807) is 29.2 Å².